The van der Waals surface area contributed by atoms with Gasteiger partial charge in [-0.1, -0.05) is 36.4 Å². The summed E-state index contributed by atoms with van der Waals surface area (Å²) in [5.41, 5.74) is -6.86. The number of amides is 1. The van der Waals surface area contributed by atoms with Crippen molar-refractivity contribution in [3.05, 3.63) is 136 Å². The van der Waals surface area contributed by atoms with Crippen LogP contribution in [-0.2, 0) is 24.3 Å². The van der Waals surface area contributed by atoms with Crippen molar-refractivity contribution < 1.29 is 49.4 Å². The first-order valence-corrected chi connectivity index (χ1v) is 11.7. The molecular weight excluding hydrogens is 565 g/mol. The van der Waals surface area contributed by atoms with Crippen LogP contribution in [0, 0.1) is 17.5 Å². The average Bonchev–Trinajstić information content (AvgIpc) is 2.87. The Labute approximate surface area is 226 Å². The number of phenolic OH excluding ortho intramolecular Hbond substituents is 1. The second-order valence-corrected chi connectivity index (χ2v) is 9.10. The van der Waals surface area contributed by atoms with Gasteiger partial charge in [0.05, 0.1) is 16.7 Å². The molecule has 4 aromatic carbocycles. The predicted molar refractivity (Wildman–Crippen MR) is 129 cm³/mol. The fourth-order valence-electron chi connectivity index (χ4n) is 4.44. The van der Waals surface area contributed by atoms with Gasteiger partial charge in [0, 0.05) is 18.1 Å². The maximum atomic E-state index is 14.6. The van der Waals surface area contributed by atoms with Crippen LogP contribution in [0.4, 0.5) is 39.5 Å². The van der Waals surface area contributed by atoms with E-state index in [1.165, 1.54) is 12.1 Å². The van der Waals surface area contributed by atoms with Crippen LogP contribution in [0.15, 0.2) is 84.9 Å². The molecular formula is C29H18F9NO2. The van der Waals surface area contributed by atoms with E-state index in [2.05, 4.69) is 5.32 Å². The first-order valence-electron chi connectivity index (χ1n) is 11.7. The standard InChI is InChI=1S/C29H18F9NO2/c30-20-11-19(12-21(40)14-20)27(15-16-4-2-1-3-5-16,18-7-9-25(32)23(13-18)29(36,37)38)39-26(41)17-6-8-24(31)22(10-17)28(33,34)35/h1-14,40H,15H2,(H,39,41). The molecule has 0 aliphatic carbocycles. The predicted octanol–water partition coefficient (Wildman–Crippen LogP) is 7.76. The van der Waals surface area contributed by atoms with Gasteiger partial charge in [0.1, 0.15) is 23.2 Å². The van der Waals surface area contributed by atoms with Gasteiger partial charge in [-0.15, -0.1) is 0 Å². The van der Waals surface area contributed by atoms with Gasteiger partial charge in [-0.3, -0.25) is 4.79 Å². The zero-order valence-electron chi connectivity index (χ0n) is 20.5. The summed E-state index contributed by atoms with van der Waals surface area (Å²) >= 11 is 0. The molecule has 12 heteroatoms. The molecule has 0 aliphatic rings. The molecule has 0 aromatic heterocycles. The highest BCUT2D eigenvalue weighted by Crippen LogP contribution is 2.40. The van der Waals surface area contributed by atoms with E-state index >= 15 is 0 Å². The zero-order valence-corrected chi connectivity index (χ0v) is 20.5. The second-order valence-electron chi connectivity index (χ2n) is 9.10. The molecule has 3 nitrogen and oxygen atoms in total. The maximum Gasteiger partial charge on any atom is 0.419 e. The number of rotatable bonds is 6. The highest BCUT2D eigenvalue weighted by molar-refractivity contribution is 5.95. The fraction of sp³-hybridized carbons (Fsp3) is 0.138. The Hall–Kier alpha value is -4.48. The molecule has 0 heterocycles. The van der Waals surface area contributed by atoms with Crippen LogP contribution in [-0.4, -0.2) is 11.0 Å². The van der Waals surface area contributed by atoms with E-state index in [-0.39, 0.29) is 11.6 Å². The highest BCUT2D eigenvalue weighted by atomic mass is 19.4. The van der Waals surface area contributed by atoms with Gasteiger partial charge < -0.3 is 10.4 Å². The Morgan fingerprint density at radius 3 is 1.85 bits per heavy atom. The van der Waals surface area contributed by atoms with Crippen LogP contribution in [0.3, 0.4) is 0 Å². The third-order valence-electron chi connectivity index (χ3n) is 6.31. The van der Waals surface area contributed by atoms with Gasteiger partial charge in [-0.2, -0.15) is 26.3 Å². The molecule has 41 heavy (non-hydrogen) atoms. The monoisotopic (exact) mass is 583 g/mol. The van der Waals surface area contributed by atoms with Crippen molar-refractivity contribution in [2.75, 3.05) is 0 Å². The number of halogens is 9. The average molecular weight is 583 g/mol. The number of phenols is 1. The molecule has 0 fully saturated rings. The molecule has 0 saturated heterocycles. The summed E-state index contributed by atoms with van der Waals surface area (Å²) in [6, 6.07) is 13.2. The minimum Gasteiger partial charge on any atom is -0.508 e. The molecule has 1 unspecified atom stereocenters. The Morgan fingerprint density at radius 2 is 1.27 bits per heavy atom. The summed E-state index contributed by atoms with van der Waals surface area (Å²) in [6.07, 6.45) is -10.8. The SMILES string of the molecule is O=C(NC(Cc1ccccc1)(c1cc(O)cc(F)c1)c1ccc(F)c(C(F)(F)F)c1)c1ccc(F)c(C(F)(F)F)c1. The molecule has 0 aliphatic heterocycles. The summed E-state index contributed by atoms with van der Waals surface area (Å²) in [6.45, 7) is 0. The summed E-state index contributed by atoms with van der Waals surface area (Å²) in [5, 5.41) is 12.5. The molecule has 0 spiro atoms. The molecule has 1 amide bonds. The Kier molecular flexibility index (Phi) is 7.79. The minimum atomic E-state index is -5.20. The highest BCUT2D eigenvalue weighted by Gasteiger charge is 2.42. The number of carbonyl (C=O) groups excluding carboxylic acids is 1. The summed E-state index contributed by atoms with van der Waals surface area (Å²) in [5.74, 6) is -6.39. The summed E-state index contributed by atoms with van der Waals surface area (Å²) in [7, 11) is 0. The largest absolute Gasteiger partial charge is 0.508 e. The van der Waals surface area contributed by atoms with Crippen molar-refractivity contribution in [2.24, 2.45) is 0 Å². The van der Waals surface area contributed by atoms with Crippen molar-refractivity contribution in [1.82, 2.24) is 5.32 Å². The smallest absolute Gasteiger partial charge is 0.419 e. The molecule has 0 saturated carbocycles. The van der Waals surface area contributed by atoms with Gasteiger partial charge >= 0.3 is 12.4 Å². The number of aromatic hydroxyl groups is 1. The number of benzene rings is 4. The van der Waals surface area contributed by atoms with E-state index < -0.39 is 75.7 Å². The Bertz CT molecular complexity index is 1560. The van der Waals surface area contributed by atoms with Crippen LogP contribution in [0.5, 0.6) is 5.75 Å². The molecule has 0 bridgehead atoms. The number of carbonyl (C=O) groups is 1. The molecule has 4 rings (SSSR count). The van der Waals surface area contributed by atoms with Crippen molar-refractivity contribution in [3.63, 3.8) is 0 Å². The van der Waals surface area contributed by atoms with Crippen LogP contribution >= 0.6 is 0 Å². The fourth-order valence-corrected chi connectivity index (χ4v) is 4.44. The lowest BCUT2D eigenvalue weighted by atomic mass is 9.77. The van der Waals surface area contributed by atoms with Gasteiger partial charge in [0.2, 0.25) is 0 Å². The minimum absolute atomic E-state index is 0.215. The van der Waals surface area contributed by atoms with E-state index in [1.54, 1.807) is 18.2 Å². The van der Waals surface area contributed by atoms with Crippen LogP contribution in [0.2, 0.25) is 0 Å². The van der Waals surface area contributed by atoms with Crippen LogP contribution in [0.25, 0.3) is 0 Å². The van der Waals surface area contributed by atoms with E-state index in [4.69, 9.17) is 0 Å². The molecule has 4 aromatic rings. The molecule has 214 valence electrons. The summed E-state index contributed by atoms with van der Waals surface area (Å²) < 4.78 is 124. The lowest BCUT2D eigenvalue weighted by molar-refractivity contribution is -0.140. The zero-order chi connectivity index (χ0) is 30.2. The van der Waals surface area contributed by atoms with Gasteiger partial charge in [-0.05, 0) is 59.2 Å². The number of alkyl halides is 6. The number of hydrogen-bond acceptors (Lipinski definition) is 2. The third-order valence-corrected chi connectivity index (χ3v) is 6.31. The molecule has 0 radical (unpaired) electrons. The van der Waals surface area contributed by atoms with Gasteiger partial charge in [-0.25, -0.2) is 13.2 Å². The number of hydrogen-bond donors (Lipinski definition) is 2. The van der Waals surface area contributed by atoms with E-state index in [1.807, 2.05) is 0 Å². The molecule has 1 atom stereocenters. The lowest BCUT2D eigenvalue weighted by Crippen LogP contribution is -2.49. The topological polar surface area (TPSA) is 49.3 Å². The second kappa shape index (κ2) is 10.8. The number of nitrogens with one attached hydrogen (secondary N) is 1. The van der Waals surface area contributed by atoms with Gasteiger partial charge in [0.25, 0.3) is 5.91 Å². The first-order chi connectivity index (χ1) is 19.1. The molecule has 2 N–H and O–H groups in total. The van der Waals surface area contributed by atoms with Crippen molar-refractivity contribution in [3.8, 4) is 5.75 Å². The van der Waals surface area contributed by atoms with E-state index in [0.717, 1.165) is 24.3 Å². The maximum absolute atomic E-state index is 14.6. The Morgan fingerprint density at radius 1 is 0.683 bits per heavy atom. The van der Waals surface area contributed by atoms with Gasteiger partial charge in [0.15, 0.2) is 0 Å². The van der Waals surface area contributed by atoms with Crippen molar-refractivity contribution >= 4 is 5.91 Å². The van der Waals surface area contributed by atoms with E-state index in [0.29, 0.717) is 29.8 Å². The third kappa shape index (κ3) is 6.31. The quantitative estimate of drug-likeness (QED) is 0.228. The normalized spacial score (nSPS) is 13.5. The van der Waals surface area contributed by atoms with Crippen LogP contribution in [0.1, 0.15) is 38.2 Å². The first kappa shape index (κ1) is 29.5. The van der Waals surface area contributed by atoms with E-state index in [9.17, 15) is 49.4 Å². The van der Waals surface area contributed by atoms with Crippen molar-refractivity contribution in [2.45, 2.75) is 24.3 Å². The van der Waals surface area contributed by atoms with Crippen LogP contribution < -0.4 is 5.32 Å². The Balaban J connectivity index is 2.01. The lowest BCUT2D eigenvalue weighted by Gasteiger charge is -2.37. The summed E-state index contributed by atoms with van der Waals surface area (Å²) in [4.78, 5) is 13.5. The van der Waals surface area contributed by atoms with Crippen molar-refractivity contribution in [1.29, 1.82) is 0 Å².